The van der Waals surface area contributed by atoms with Crippen LogP contribution in [0.1, 0.15) is 31.1 Å². The van der Waals surface area contributed by atoms with E-state index in [-0.39, 0.29) is 35.2 Å². The first-order chi connectivity index (χ1) is 13.9. The maximum Gasteiger partial charge on any atom is 0.320 e. The van der Waals surface area contributed by atoms with Crippen molar-refractivity contribution in [1.82, 2.24) is 20.5 Å². The Bertz CT molecular complexity index is 1060. The van der Waals surface area contributed by atoms with Crippen molar-refractivity contribution in [2.75, 3.05) is 12.4 Å². The molecule has 0 spiro atoms. The molecule has 0 saturated heterocycles. The second kappa shape index (κ2) is 8.38. The molecular formula is C19H21N7O3. The molecule has 2 heterocycles. The zero-order chi connectivity index (χ0) is 21.0. The van der Waals surface area contributed by atoms with Gasteiger partial charge in [0.05, 0.1) is 24.1 Å². The number of rotatable bonds is 5. The number of nitrogens with one attached hydrogen (secondary N) is 5. The molecule has 2 aromatic heterocycles. The summed E-state index contributed by atoms with van der Waals surface area (Å²) in [6, 6.07) is 10.4. The van der Waals surface area contributed by atoms with Crippen LogP contribution in [-0.2, 0) is 4.74 Å². The van der Waals surface area contributed by atoms with E-state index in [0.29, 0.717) is 10.9 Å². The first-order valence-electron chi connectivity index (χ1n) is 8.76. The van der Waals surface area contributed by atoms with Crippen LogP contribution < -0.4 is 15.4 Å². The zero-order valence-corrected chi connectivity index (χ0v) is 16.2. The molecule has 0 aliphatic carbocycles. The average molecular weight is 395 g/mol. The Kier molecular flexibility index (Phi) is 5.72. The third-order valence-electron chi connectivity index (χ3n) is 4.06. The molecule has 150 valence electrons. The van der Waals surface area contributed by atoms with Gasteiger partial charge >= 0.3 is 6.03 Å². The third kappa shape index (κ3) is 4.49. The number of benzene rings is 1. The molecule has 29 heavy (non-hydrogen) atoms. The van der Waals surface area contributed by atoms with Crippen LogP contribution in [0.5, 0.6) is 5.88 Å². The molecular weight excluding hydrogens is 374 g/mol. The van der Waals surface area contributed by atoms with E-state index in [1.54, 1.807) is 6.07 Å². The molecule has 2 amide bonds. The van der Waals surface area contributed by atoms with Gasteiger partial charge in [-0.25, -0.2) is 9.78 Å². The van der Waals surface area contributed by atoms with E-state index < -0.39 is 6.03 Å². The summed E-state index contributed by atoms with van der Waals surface area (Å²) < 4.78 is 10.3. The van der Waals surface area contributed by atoms with E-state index in [1.165, 1.54) is 14.0 Å². The van der Waals surface area contributed by atoms with Crippen molar-refractivity contribution in [2.24, 2.45) is 0 Å². The van der Waals surface area contributed by atoms with Gasteiger partial charge in [0.15, 0.2) is 5.90 Å². The molecule has 3 aromatic rings. The van der Waals surface area contributed by atoms with Crippen molar-refractivity contribution in [3.8, 4) is 5.88 Å². The number of carbonyl (C=O) groups is 1. The molecule has 1 aromatic carbocycles. The maximum atomic E-state index is 12.4. The second-order valence-electron chi connectivity index (χ2n) is 6.23. The number of H-pyrrole nitrogens is 1. The number of hydrogen-bond donors (Lipinski definition) is 5. The molecule has 0 aliphatic rings. The highest BCUT2D eigenvalue weighted by atomic mass is 16.5. The molecule has 0 aliphatic heterocycles. The van der Waals surface area contributed by atoms with Crippen molar-refractivity contribution in [3.63, 3.8) is 0 Å². The number of nitrogens with zero attached hydrogens (tertiary/aromatic N) is 2. The van der Waals surface area contributed by atoms with E-state index in [2.05, 4.69) is 25.8 Å². The largest absolute Gasteiger partial charge is 0.479 e. The van der Waals surface area contributed by atoms with Crippen LogP contribution in [0.4, 0.5) is 10.6 Å². The lowest BCUT2D eigenvalue weighted by Crippen LogP contribution is -2.31. The van der Waals surface area contributed by atoms with Crippen molar-refractivity contribution < 1.29 is 14.3 Å². The highest BCUT2D eigenvalue weighted by Crippen LogP contribution is 2.28. The smallest absolute Gasteiger partial charge is 0.320 e. The van der Waals surface area contributed by atoms with Crippen LogP contribution in [0.3, 0.4) is 0 Å². The highest BCUT2D eigenvalue weighted by molar-refractivity contribution is 6.09. The second-order valence-corrected chi connectivity index (χ2v) is 6.23. The first kappa shape index (κ1) is 19.8. The summed E-state index contributed by atoms with van der Waals surface area (Å²) in [5, 5.41) is 28.3. The van der Waals surface area contributed by atoms with Gasteiger partial charge in [0.25, 0.3) is 0 Å². The Morgan fingerprint density at radius 2 is 1.97 bits per heavy atom. The summed E-state index contributed by atoms with van der Waals surface area (Å²) in [5.74, 6) is -0.108. The minimum atomic E-state index is -0.457. The Labute approximate surface area is 166 Å². The monoisotopic (exact) mass is 395 g/mol. The first-order valence-corrected chi connectivity index (χ1v) is 8.76. The van der Waals surface area contributed by atoms with Gasteiger partial charge in [0.1, 0.15) is 11.5 Å². The Balaban J connectivity index is 1.86. The SMILES string of the molecule is COc1n[nH]c2cc(NC(=O)N[C@H](C)c3ccccc3)nc(C(=N)OC(C)=N)c12. The minimum absolute atomic E-state index is 0.0890. The lowest BCUT2D eigenvalue weighted by atomic mass is 10.1. The van der Waals surface area contributed by atoms with Gasteiger partial charge in [-0.2, -0.15) is 0 Å². The van der Waals surface area contributed by atoms with Gasteiger partial charge in [0, 0.05) is 13.0 Å². The summed E-state index contributed by atoms with van der Waals surface area (Å²) in [4.78, 5) is 16.7. The van der Waals surface area contributed by atoms with Crippen molar-refractivity contribution in [3.05, 3.63) is 47.7 Å². The van der Waals surface area contributed by atoms with E-state index in [0.717, 1.165) is 5.56 Å². The van der Waals surface area contributed by atoms with Crippen LogP contribution in [0.2, 0.25) is 0 Å². The normalized spacial score (nSPS) is 11.6. The Hall–Kier alpha value is -3.95. The lowest BCUT2D eigenvalue weighted by molar-refractivity contribution is 0.249. The summed E-state index contributed by atoms with van der Waals surface area (Å²) in [6.07, 6.45) is 0. The molecule has 3 rings (SSSR count). The number of fused-ring (bicyclic) bond motifs is 1. The standard InChI is InChI=1S/C19H21N7O3/c1-10(12-7-5-4-6-8-12)22-19(27)24-14-9-13-15(18(28-3)26-25-13)16(23-14)17(21)29-11(2)20/h4-10,20-21H,1-3H3,(H,25,26)(H2,22,23,24,27)/t10-/m1/s1. The van der Waals surface area contributed by atoms with Crippen LogP contribution in [0, 0.1) is 10.8 Å². The fourth-order valence-corrected chi connectivity index (χ4v) is 2.77. The maximum absolute atomic E-state index is 12.4. The third-order valence-corrected chi connectivity index (χ3v) is 4.06. The molecule has 0 radical (unpaired) electrons. The van der Waals surface area contributed by atoms with Gasteiger partial charge < -0.3 is 14.8 Å². The summed E-state index contributed by atoms with van der Waals surface area (Å²) >= 11 is 0. The number of pyridine rings is 1. The number of methoxy groups -OCH3 is 1. The number of carbonyl (C=O) groups excluding carboxylic acids is 1. The predicted octanol–water partition coefficient (Wildman–Crippen LogP) is 3.19. The number of amides is 2. The molecule has 10 nitrogen and oxygen atoms in total. The molecule has 1 atom stereocenters. The van der Waals surface area contributed by atoms with E-state index in [1.807, 2.05) is 37.3 Å². The number of ether oxygens (including phenoxy) is 2. The number of urea groups is 1. The van der Waals surface area contributed by atoms with Gasteiger partial charge in [-0.3, -0.25) is 21.2 Å². The molecule has 5 N–H and O–H groups in total. The van der Waals surface area contributed by atoms with E-state index in [4.69, 9.17) is 20.3 Å². The van der Waals surface area contributed by atoms with Gasteiger partial charge in [0.2, 0.25) is 11.8 Å². The van der Waals surface area contributed by atoms with E-state index >= 15 is 0 Å². The summed E-state index contributed by atoms with van der Waals surface area (Å²) in [5.41, 5.74) is 1.54. The fourth-order valence-electron chi connectivity index (χ4n) is 2.77. The van der Waals surface area contributed by atoms with Crippen molar-refractivity contribution >= 4 is 34.5 Å². The number of aromatic amines is 1. The Morgan fingerprint density at radius 1 is 1.24 bits per heavy atom. The van der Waals surface area contributed by atoms with Crippen LogP contribution >= 0.6 is 0 Å². The molecule has 0 bridgehead atoms. The minimum Gasteiger partial charge on any atom is -0.479 e. The molecule has 0 unspecified atom stereocenters. The van der Waals surface area contributed by atoms with E-state index in [9.17, 15) is 4.79 Å². The van der Waals surface area contributed by atoms with Gasteiger partial charge in [-0.1, -0.05) is 30.3 Å². The summed E-state index contributed by atoms with van der Waals surface area (Å²) in [7, 11) is 1.44. The Morgan fingerprint density at radius 3 is 2.62 bits per heavy atom. The van der Waals surface area contributed by atoms with Crippen molar-refractivity contribution in [2.45, 2.75) is 19.9 Å². The quantitative estimate of drug-likeness (QED) is 0.332. The zero-order valence-electron chi connectivity index (χ0n) is 16.2. The predicted molar refractivity (Wildman–Crippen MR) is 109 cm³/mol. The molecule has 0 fully saturated rings. The molecule has 0 saturated carbocycles. The van der Waals surface area contributed by atoms with Crippen LogP contribution in [0.25, 0.3) is 10.9 Å². The van der Waals surface area contributed by atoms with Gasteiger partial charge in [-0.05, 0) is 12.5 Å². The highest BCUT2D eigenvalue weighted by Gasteiger charge is 2.20. The fraction of sp³-hybridized carbons (Fsp3) is 0.211. The van der Waals surface area contributed by atoms with Gasteiger partial charge in [-0.15, -0.1) is 5.10 Å². The topological polar surface area (TPSA) is 149 Å². The van der Waals surface area contributed by atoms with Crippen LogP contribution in [-0.4, -0.2) is 40.1 Å². The van der Waals surface area contributed by atoms with Crippen molar-refractivity contribution in [1.29, 1.82) is 10.8 Å². The lowest BCUT2D eigenvalue weighted by Gasteiger charge is -2.15. The number of aromatic nitrogens is 3. The average Bonchev–Trinajstić information content (AvgIpc) is 3.10. The molecule has 10 heteroatoms. The summed E-state index contributed by atoms with van der Waals surface area (Å²) in [6.45, 7) is 3.27. The van der Waals surface area contributed by atoms with Crippen LogP contribution in [0.15, 0.2) is 36.4 Å². The number of anilines is 1. The number of hydrogen-bond acceptors (Lipinski definition) is 7.